The maximum Gasteiger partial charge on any atom is 0.253 e. The average molecular weight is 245 g/mol. The molecule has 5 heteroatoms. The fraction of sp³-hybridized carbons (Fsp3) is 0.364. The quantitative estimate of drug-likeness (QED) is 0.876. The molecule has 0 unspecified atom stereocenters. The summed E-state index contributed by atoms with van der Waals surface area (Å²) < 4.78 is 12.9. The predicted molar refractivity (Wildman–Crippen MR) is 62.3 cm³/mol. The van der Waals surface area contributed by atoms with E-state index >= 15 is 0 Å². The van der Waals surface area contributed by atoms with Crippen molar-refractivity contribution in [1.29, 1.82) is 0 Å². The summed E-state index contributed by atoms with van der Waals surface area (Å²) in [5.74, 6) is -0.687. The van der Waals surface area contributed by atoms with E-state index in [-0.39, 0.29) is 10.9 Å². The van der Waals surface area contributed by atoms with E-state index in [0.29, 0.717) is 18.7 Å². The number of nitrogens with one attached hydrogen (secondary N) is 1. The van der Waals surface area contributed by atoms with Crippen LogP contribution in [0.5, 0.6) is 0 Å². The van der Waals surface area contributed by atoms with E-state index < -0.39 is 5.82 Å². The summed E-state index contributed by atoms with van der Waals surface area (Å²) in [6.07, 6.45) is 0. The Balaban J connectivity index is 2.76. The van der Waals surface area contributed by atoms with E-state index in [1.807, 2.05) is 7.05 Å². The summed E-state index contributed by atoms with van der Waals surface area (Å²) in [6.45, 7) is 1.29. The van der Waals surface area contributed by atoms with Gasteiger partial charge in [0.15, 0.2) is 0 Å². The van der Waals surface area contributed by atoms with Crippen LogP contribution in [-0.4, -0.2) is 38.0 Å². The van der Waals surface area contributed by atoms with Crippen LogP contribution in [-0.2, 0) is 0 Å². The van der Waals surface area contributed by atoms with Crippen molar-refractivity contribution in [2.45, 2.75) is 0 Å². The number of carbonyl (C=O) groups is 1. The Morgan fingerprint density at radius 1 is 1.56 bits per heavy atom. The first-order chi connectivity index (χ1) is 7.56. The van der Waals surface area contributed by atoms with Gasteiger partial charge in [-0.1, -0.05) is 11.6 Å². The molecule has 0 atom stereocenters. The Bertz CT molecular complexity index is 384. The average Bonchev–Trinajstić information content (AvgIpc) is 2.28. The highest BCUT2D eigenvalue weighted by Crippen LogP contribution is 2.16. The standard InChI is InChI=1S/C11H14ClFN2O/c1-14-5-6-15(2)11(16)8-3-4-10(13)9(12)7-8/h3-4,7,14H,5-6H2,1-2H3. The highest BCUT2D eigenvalue weighted by molar-refractivity contribution is 6.31. The predicted octanol–water partition coefficient (Wildman–Crippen LogP) is 1.77. The fourth-order valence-corrected chi connectivity index (χ4v) is 1.41. The van der Waals surface area contributed by atoms with E-state index in [2.05, 4.69) is 5.32 Å². The number of nitrogens with zero attached hydrogens (tertiary/aromatic N) is 1. The van der Waals surface area contributed by atoms with Gasteiger partial charge >= 0.3 is 0 Å². The molecule has 0 heterocycles. The zero-order valence-corrected chi connectivity index (χ0v) is 10.0. The topological polar surface area (TPSA) is 32.3 Å². The smallest absolute Gasteiger partial charge is 0.253 e. The summed E-state index contributed by atoms with van der Waals surface area (Å²) in [7, 11) is 3.50. The molecule has 1 rings (SSSR count). The number of hydrogen-bond donors (Lipinski definition) is 1. The van der Waals surface area contributed by atoms with Gasteiger partial charge in [-0.15, -0.1) is 0 Å². The Morgan fingerprint density at radius 2 is 2.25 bits per heavy atom. The lowest BCUT2D eigenvalue weighted by Crippen LogP contribution is -2.32. The summed E-state index contributed by atoms with van der Waals surface area (Å²) in [4.78, 5) is 13.4. The molecular formula is C11H14ClFN2O. The molecule has 0 aliphatic carbocycles. The number of amides is 1. The van der Waals surface area contributed by atoms with Crippen molar-refractivity contribution in [2.24, 2.45) is 0 Å². The number of benzene rings is 1. The number of halogens is 2. The van der Waals surface area contributed by atoms with Crippen LogP contribution in [0, 0.1) is 5.82 Å². The molecule has 1 N–H and O–H groups in total. The first kappa shape index (κ1) is 12.9. The van der Waals surface area contributed by atoms with Crippen molar-refractivity contribution in [2.75, 3.05) is 27.2 Å². The van der Waals surface area contributed by atoms with Crippen LogP contribution in [0.15, 0.2) is 18.2 Å². The monoisotopic (exact) mass is 244 g/mol. The van der Waals surface area contributed by atoms with E-state index in [1.54, 1.807) is 11.9 Å². The lowest BCUT2D eigenvalue weighted by molar-refractivity contribution is 0.0797. The summed E-state index contributed by atoms with van der Waals surface area (Å²) in [5.41, 5.74) is 0.394. The second-order valence-corrected chi connectivity index (χ2v) is 3.87. The summed E-state index contributed by atoms with van der Waals surface area (Å²) in [6, 6.07) is 3.97. The number of rotatable bonds is 4. The highest BCUT2D eigenvalue weighted by atomic mass is 35.5. The molecule has 1 amide bonds. The van der Waals surface area contributed by atoms with Crippen LogP contribution in [0.4, 0.5) is 4.39 Å². The van der Waals surface area contributed by atoms with E-state index in [4.69, 9.17) is 11.6 Å². The molecule has 0 aliphatic heterocycles. The van der Waals surface area contributed by atoms with Crippen LogP contribution < -0.4 is 5.32 Å². The number of carbonyl (C=O) groups excluding carboxylic acids is 1. The van der Waals surface area contributed by atoms with Gasteiger partial charge in [0.25, 0.3) is 5.91 Å². The van der Waals surface area contributed by atoms with E-state index in [9.17, 15) is 9.18 Å². The van der Waals surface area contributed by atoms with Gasteiger partial charge in [0, 0.05) is 25.7 Å². The second kappa shape index (κ2) is 5.82. The Kier molecular flexibility index (Phi) is 4.71. The van der Waals surface area contributed by atoms with Crippen molar-refractivity contribution in [1.82, 2.24) is 10.2 Å². The van der Waals surface area contributed by atoms with Crippen molar-refractivity contribution in [3.63, 3.8) is 0 Å². The van der Waals surface area contributed by atoms with Gasteiger partial charge in [-0.25, -0.2) is 4.39 Å². The lowest BCUT2D eigenvalue weighted by atomic mass is 10.2. The van der Waals surface area contributed by atoms with Crippen molar-refractivity contribution < 1.29 is 9.18 Å². The molecule has 0 aromatic heterocycles. The third-order valence-electron chi connectivity index (χ3n) is 2.21. The molecule has 0 fully saturated rings. The normalized spacial score (nSPS) is 10.2. The maximum absolute atomic E-state index is 12.9. The van der Waals surface area contributed by atoms with Crippen molar-refractivity contribution in [3.05, 3.63) is 34.6 Å². The largest absolute Gasteiger partial charge is 0.340 e. The molecule has 0 saturated carbocycles. The van der Waals surface area contributed by atoms with Gasteiger partial charge in [0.05, 0.1) is 5.02 Å². The number of hydrogen-bond acceptors (Lipinski definition) is 2. The zero-order chi connectivity index (χ0) is 12.1. The van der Waals surface area contributed by atoms with E-state index in [1.165, 1.54) is 18.2 Å². The van der Waals surface area contributed by atoms with Gasteiger partial charge < -0.3 is 10.2 Å². The minimum absolute atomic E-state index is 0.0344. The number of likely N-dealkylation sites (N-methyl/N-ethyl adjacent to an activating group) is 2. The Morgan fingerprint density at radius 3 is 2.81 bits per heavy atom. The highest BCUT2D eigenvalue weighted by Gasteiger charge is 2.12. The van der Waals surface area contributed by atoms with Gasteiger partial charge in [-0.05, 0) is 25.2 Å². The van der Waals surface area contributed by atoms with Gasteiger partial charge in [-0.2, -0.15) is 0 Å². The molecule has 0 radical (unpaired) electrons. The molecule has 3 nitrogen and oxygen atoms in total. The SMILES string of the molecule is CNCCN(C)C(=O)c1ccc(F)c(Cl)c1. The van der Waals surface area contributed by atoms with Gasteiger partial charge in [-0.3, -0.25) is 4.79 Å². The van der Waals surface area contributed by atoms with Crippen LogP contribution >= 0.6 is 11.6 Å². The molecule has 0 spiro atoms. The van der Waals surface area contributed by atoms with Gasteiger partial charge in [0.1, 0.15) is 5.82 Å². The van der Waals surface area contributed by atoms with Crippen LogP contribution in [0.1, 0.15) is 10.4 Å². The molecule has 0 bridgehead atoms. The summed E-state index contributed by atoms with van der Waals surface area (Å²) >= 11 is 5.61. The molecule has 16 heavy (non-hydrogen) atoms. The second-order valence-electron chi connectivity index (χ2n) is 3.46. The van der Waals surface area contributed by atoms with Crippen molar-refractivity contribution in [3.8, 4) is 0 Å². The fourth-order valence-electron chi connectivity index (χ4n) is 1.23. The molecule has 1 aromatic carbocycles. The van der Waals surface area contributed by atoms with Gasteiger partial charge in [0.2, 0.25) is 0 Å². The molecule has 0 saturated heterocycles. The third kappa shape index (κ3) is 3.18. The molecule has 1 aromatic rings. The minimum atomic E-state index is -0.518. The van der Waals surface area contributed by atoms with Crippen LogP contribution in [0.25, 0.3) is 0 Å². The van der Waals surface area contributed by atoms with E-state index in [0.717, 1.165) is 0 Å². The molecule has 0 aliphatic rings. The van der Waals surface area contributed by atoms with Crippen LogP contribution in [0.2, 0.25) is 5.02 Å². The Hall–Kier alpha value is -1.13. The minimum Gasteiger partial charge on any atom is -0.340 e. The zero-order valence-electron chi connectivity index (χ0n) is 9.26. The lowest BCUT2D eigenvalue weighted by Gasteiger charge is -2.16. The Labute approximate surface area is 99.2 Å². The molecular weight excluding hydrogens is 231 g/mol. The van der Waals surface area contributed by atoms with Crippen molar-refractivity contribution >= 4 is 17.5 Å². The van der Waals surface area contributed by atoms with Crippen LogP contribution in [0.3, 0.4) is 0 Å². The summed E-state index contributed by atoms with van der Waals surface area (Å²) in [5, 5.41) is 2.91. The first-order valence-electron chi connectivity index (χ1n) is 4.91. The first-order valence-corrected chi connectivity index (χ1v) is 5.29. The molecule has 88 valence electrons. The third-order valence-corrected chi connectivity index (χ3v) is 2.50. The maximum atomic E-state index is 12.9.